The van der Waals surface area contributed by atoms with Crippen LogP contribution in [0.4, 0.5) is 4.39 Å². The van der Waals surface area contributed by atoms with E-state index >= 15 is 0 Å². The van der Waals surface area contributed by atoms with Crippen LogP contribution >= 0.6 is 11.6 Å². The Hall–Kier alpha value is -1.24. The molecule has 19 heavy (non-hydrogen) atoms. The highest BCUT2D eigenvalue weighted by molar-refractivity contribution is 7.85. The molecule has 0 aliphatic heterocycles. The van der Waals surface area contributed by atoms with Crippen molar-refractivity contribution in [3.05, 3.63) is 46.1 Å². The predicted octanol–water partition coefficient (Wildman–Crippen LogP) is 2.93. The highest BCUT2D eigenvalue weighted by atomic mass is 35.5. The minimum atomic E-state index is -0.685. The number of H-pyrrole nitrogens is 1. The first-order valence-corrected chi connectivity index (χ1v) is 7.55. The molecule has 4 nitrogen and oxygen atoms in total. The zero-order valence-electron chi connectivity index (χ0n) is 10.5. The molecule has 4 N–H and O–H groups in total. The molecule has 2 aromatic rings. The van der Waals surface area contributed by atoms with Crippen molar-refractivity contribution in [1.29, 1.82) is 4.78 Å². The largest absolute Gasteiger partial charge is 0.343 e. The van der Waals surface area contributed by atoms with Gasteiger partial charge in [0.25, 0.3) is 0 Å². The van der Waals surface area contributed by atoms with Gasteiger partial charge in [-0.1, -0.05) is 28.4 Å². The summed E-state index contributed by atoms with van der Waals surface area (Å²) < 4.78 is 20.8. The first kappa shape index (κ1) is 14.2. The van der Waals surface area contributed by atoms with Gasteiger partial charge in [-0.05, 0) is 30.9 Å². The number of halogens is 2. The van der Waals surface area contributed by atoms with Crippen LogP contribution in [-0.4, -0.2) is 16.2 Å². The van der Waals surface area contributed by atoms with Crippen molar-refractivity contribution >= 4 is 22.3 Å². The molecule has 0 saturated heterocycles. The van der Waals surface area contributed by atoms with Crippen LogP contribution in [0.25, 0.3) is 0 Å². The minimum absolute atomic E-state index is 0.0344. The van der Waals surface area contributed by atoms with Gasteiger partial charge >= 0.3 is 0 Å². The Balaban J connectivity index is 2.38. The quantitative estimate of drug-likeness (QED) is 0.815. The topological polar surface area (TPSA) is 78.6 Å². The Kier molecular flexibility index (Phi) is 4.03. The summed E-state index contributed by atoms with van der Waals surface area (Å²) in [4.78, 5) is 7.42. The number of hydrogen-bond donors (Lipinski definition) is 3. The first-order chi connectivity index (χ1) is 8.90. The Bertz CT molecular complexity index is 641. The number of nitrogens with one attached hydrogen (secondary N) is 2. The van der Waals surface area contributed by atoms with Gasteiger partial charge in [0.1, 0.15) is 16.7 Å². The van der Waals surface area contributed by atoms with E-state index in [-0.39, 0.29) is 5.02 Å². The molecule has 0 fully saturated rings. The van der Waals surface area contributed by atoms with Crippen molar-refractivity contribution in [1.82, 2.24) is 9.97 Å². The molecule has 0 radical (unpaired) electrons. The average molecular weight is 301 g/mol. The molecule has 0 aliphatic carbocycles. The standard InChI is InChI=1S/C12H14ClFN4S/c1-6-12(19(2)16)18-11(17-6)10(15)7-3-4-9(14)8(13)5-7/h3-5,10,16H,15H2,1-2H3,(H,17,18). The molecule has 102 valence electrons. The maximum atomic E-state index is 13.1. The Morgan fingerprint density at radius 2 is 2.21 bits per heavy atom. The van der Waals surface area contributed by atoms with E-state index in [0.717, 1.165) is 5.69 Å². The molecular weight excluding hydrogens is 287 g/mol. The number of imidazole rings is 1. The highest BCUT2D eigenvalue weighted by Gasteiger charge is 2.17. The van der Waals surface area contributed by atoms with Crippen molar-refractivity contribution < 1.29 is 4.39 Å². The van der Waals surface area contributed by atoms with Gasteiger partial charge in [-0.3, -0.25) is 4.78 Å². The summed E-state index contributed by atoms with van der Waals surface area (Å²) in [7, 11) is -0.685. The van der Waals surface area contributed by atoms with Crippen molar-refractivity contribution in [2.45, 2.75) is 18.0 Å². The van der Waals surface area contributed by atoms with E-state index in [9.17, 15) is 4.39 Å². The fourth-order valence-electron chi connectivity index (χ4n) is 1.78. The van der Waals surface area contributed by atoms with Crippen LogP contribution in [0.15, 0.2) is 23.2 Å². The number of benzene rings is 1. The number of aromatic amines is 1. The second kappa shape index (κ2) is 5.40. The fourth-order valence-corrected chi connectivity index (χ4v) is 2.71. The summed E-state index contributed by atoms with van der Waals surface area (Å²) in [6, 6.07) is 3.83. The third-order valence-corrected chi connectivity index (χ3v) is 4.01. The number of nitrogens with two attached hydrogens (primary N) is 1. The zero-order chi connectivity index (χ0) is 14.2. The molecule has 1 aromatic carbocycles. The Labute approximate surface area is 118 Å². The van der Waals surface area contributed by atoms with Gasteiger partial charge in [0, 0.05) is 5.69 Å². The van der Waals surface area contributed by atoms with E-state index in [2.05, 4.69) is 9.97 Å². The predicted molar refractivity (Wildman–Crippen MR) is 75.0 cm³/mol. The summed E-state index contributed by atoms with van der Waals surface area (Å²) in [6.07, 6.45) is 1.77. The monoisotopic (exact) mass is 300 g/mol. The Morgan fingerprint density at radius 3 is 2.74 bits per heavy atom. The lowest BCUT2D eigenvalue weighted by atomic mass is 10.1. The SMILES string of the molecule is Cc1[nH]c(C(N)c2ccc(F)c(Cl)c2)nc1S(C)=N. The first-order valence-electron chi connectivity index (χ1n) is 5.54. The van der Waals surface area contributed by atoms with Crippen LogP contribution in [-0.2, 0) is 10.7 Å². The second-order valence-electron chi connectivity index (χ2n) is 4.21. The third kappa shape index (κ3) is 2.86. The summed E-state index contributed by atoms with van der Waals surface area (Å²) in [5.41, 5.74) is 7.59. The maximum Gasteiger partial charge on any atom is 0.141 e. The van der Waals surface area contributed by atoms with E-state index in [1.165, 1.54) is 12.1 Å². The van der Waals surface area contributed by atoms with Crippen molar-refractivity contribution in [2.75, 3.05) is 6.26 Å². The van der Waals surface area contributed by atoms with Gasteiger partial charge in [-0.2, -0.15) is 0 Å². The lowest BCUT2D eigenvalue weighted by Gasteiger charge is -2.09. The van der Waals surface area contributed by atoms with Crippen LogP contribution in [0.1, 0.15) is 23.1 Å². The van der Waals surface area contributed by atoms with Crippen molar-refractivity contribution in [2.24, 2.45) is 5.73 Å². The normalized spacial score (nSPS) is 14.4. The van der Waals surface area contributed by atoms with Crippen LogP contribution in [0.3, 0.4) is 0 Å². The van der Waals surface area contributed by atoms with Gasteiger partial charge in [0.15, 0.2) is 0 Å². The van der Waals surface area contributed by atoms with E-state index < -0.39 is 22.6 Å². The van der Waals surface area contributed by atoms with E-state index in [1.54, 1.807) is 12.3 Å². The van der Waals surface area contributed by atoms with E-state index in [0.29, 0.717) is 16.4 Å². The number of hydrogen-bond acceptors (Lipinski definition) is 3. The van der Waals surface area contributed by atoms with E-state index in [1.807, 2.05) is 6.92 Å². The zero-order valence-corrected chi connectivity index (χ0v) is 12.1. The minimum Gasteiger partial charge on any atom is -0.343 e. The third-order valence-electron chi connectivity index (χ3n) is 2.75. The van der Waals surface area contributed by atoms with Gasteiger partial charge in [0.2, 0.25) is 0 Å². The number of aromatic nitrogens is 2. The second-order valence-corrected chi connectivity index (χ2v) is 6.03. The molecule has 7 heteroatoms. The molecule has 0 amide bonds. The van der Waals surface area contributed by atoms with Crippen LogP contribution in [0, 0.1) is 17.5 Å². The molecule has 1 heterocycles. The van der Waals surface area contributed by atoms with Gasteiger partial charge in [-0.15, -0.1) is 0 Å². The summed E-state index contributed by atoms with van der Waals surface area (Å²) >= 11 is 5.74. The molecule has 0 bridgehead atoms. The number of nitrogens with zero attached hydrogens (tertiary/aromatic N) is 1. The van der Waals surface area contributed by atoms with Crippen LogP contribution in [0.5, 0.6) is 0 Å². The lowest BCUT2D eigenvalue weighted by molar-refractivity contribution is 0.626. The Morgan fingerprint density at radius 1 is 1.53 bits per heavy atom. The number of aryl methyl sites for hydroxylation is 1. The highest BCUT2D eigenvalue weighted by Crippen LogP contribution is 2.24. The van der Waals surface area contributed by atoms with Crippen LogP contribution in [0.2, 0.25) is 5.02 Å². The molecule has 0 spiro atoms. The van der Waals surface area contributed by atoms with Crippen molar-refractivity contribution in [3.8, 4) is 0 Å². The average Bonchev–Trinajstić information content (AvgIpc) is 2.74. The van der Waals surface area contributed by atoms with E-state index in [4.69, 9.17) is 22.1 Å². The maximum absolute atomic E-state index is 13.1. The van der Waals surface area contributed by atoms with Crippen molar-refractivity contribution in [3.63, 3.8) is 0 Å². The molecular formula is C12H14ClFN4S. The number of rotatable bonds is 3. The fraction of sp³-hybridized carbons (Fsp3) is 0.250. The molecule has 2 unspecified atom stereocenters. The molecule has 2 rings (SSSR count). The summed E-state index contributed by atoms with van der Waals surface area (Å²) in [6.45, 7) is 1.86. The molecule has 0 aliphatic rings. The van der Waals surface area contributed by atoms with Gasteiger partial charge in [0.05, 0.1) is 11.1 Å². The molecule has 2 atom stereocenters. The smallest absolute Gasteiger partial charge is 0.141 e. The van der Waals surface area contributed by atoms with Gasteiger partial charge in [-0.25, -0.2) is 9.37 Å². The van der Waals surface area contributed by atoms with Crippen LogP contribution < -0.4 is 5.73 Å². The molecule has 1 aromatic heterocycles. The van der Waals surface area contributed by atoms with Gasteiger partial charge < -0.3 is 10.7 Å². The lowest BCUT2D eigenvalue weighted by Crippen LogP contribution is -2.13. The molecule has 0 saturated carbocycles. The summed E-state index contributed by atoms with van der Waals surface area (Å²) in [5, 5.41) is 0.728. The summed E-state index contributed by atoms with van der Waals surface area (Å²) in [5.74, 6) is 0.0805.